The van der Waals surface area contributed by atoms with E-state index in [2.05, 4.69) is 15.5 Å². The van der Waals surface area contributed by atoms with Crippen LogP contribution >= 0.6 is 22.9 Å². The molecule has 0 aliphatic heterocycles. The zero-order valence-corrected chi connectivity index (χ0v) is 12.2. The van der Waals surface area contributed by atoms with Gasteiger partial charge < -0.3 is 14.8 Å². The van der Waals surface area contributed by atoms with Crippen LogP contribution in [0, 0.1) is 0 Å². The minimum Gasteiger partial charge on any atom is -0.491 e. The lowest BCUT2D eigenvalue weighted by Gasteiger charge is -2.08. The number of ether oxygens (including phenoxy) is 2. The second-order valence-electron chi connectivity index (χ2n) is 3.68. The Hall–Kier alpha value is -1.70. The summed E-state index contributed by atoms with van der Waals surface area (Å²) in [5.41, 5.74) is 0.608. The third-order valence-electron chi connectivity index (χ3n) is 2.24. The SMILES string of the molecule is COCCOc1cccc(NC(=O)c2nnc(Cl)s2)c1. The molecular formula is C12H12ClN3O3S. The first-order valence-corrected chi connectivity index (χ1v) is 6.90. The van der Waals surface area contributed by atoms with Crippen molar-refractivity contribution in [3.05, 3.63) is 33.7 Å². The highest BCUT2D eigenvalue weighted by molar-refractivity contribution is 7.17. The molecule has 1 amide bonds. The van der Waals surface area contributed by atoms with Crippen LogP contribution < -0.4 is 10.1 Å². The van der Waals surface area contributed by atoms with Gasteiger partial charge in [0, 0.05) is 18.9 Å². The molecule has 1 aromatic heterocycles. The van der Waals surface area contributed by atoms with Gasteiger partial charge in [-0.1, -0.05) is 17.4 Å². The number of nitrogens with one attached hydrogen (secondary N) is 1. The van der Waals surface area contributed by atoms with Crippen molar-refractivity contribution in [1.29, 1.82) is 0 Å². The monoisotopic (exact) mass is 313 g/mol. The zero-order chi connectivity index (χ0) is 14.4. The molecule has 8 heteroatoms. The number of hydrogen-bond acceptors (Lipinski definition) is 6. The maximum atomic E-state index is 11.9. The van der Waals surface area contributed by atoms with Crippen LogP contribution in [0.4, 0.5) is 5.69 Å². The summed E-state index contributed by atoms with van der Waals surface area (Å²) in [5, 5.41) is 10.2. The summed E-state index contributed by atoms with van der Waals surface area (Å²) in [6.07, 6.45) is 0. The standard InChI is InChI=1S/C12H12ClN3O3S/c1-18-5-6-19-9-4-2-3-8(7-9)14-10(17)11-15-16-12(13)20-11/h2-4,7H,5-6H2,1H3,(H,14,17). The van der Waals surface area contributed by atoms with Crippen LogP contribution in [0.25, 0.3) is 0 Å². The second kappa shape index (κ2) is 7.18. The highest BCUT2D eigenvalue weighted by Crippen LogP contribution is 2.20. The molecule has 2 rings (SSSR count). The number of benzene rings is 1. The molecule has 1 aromatic carbocycles. The van der Waals surface area contributed by atoms with Crippen LogP contribution in [0.3, 0.4) is 0 Å². The summed E-state index contributed by atoms with van der Waals surface area (Å²) in [6, 6.07) is 7.05. The predicted molar refractivity (Wildman–Crippen MR) is 76.7 cm³/mol. The molecular weight excluding hydrogens is 302 g/mol. The van der Waals surface area contributed by atoms with E-state index in [0.29, 0.717) is 24.7 Å². The lowest BCUT2D eigenvalue weighted by atomic mass is 10.3. The van der Waals surface area contributed by atoms with Crippen LogP contribution in [0.2, 0.25) is 4.47 Å². The molecule has 1 N–H and O–H groups in total. The van der Waals surface area contributed by atoms with Crippen molar-refractivity contribution in [2.75, 3.05) is 25.6 Å². The van der Waals surface area contributed by atoms with Crippen LogP contribution in [0.15, 0.2) is 24.3 Å². The van der Waals surface area contributed by atoms with E-state index in [1.807, 2.05) is 0 Å². The average molecular weight is 314 g/mol. The summed E-state index contributed by atoms with van der Waals surface area (Å²) in [7, 11) is 1.60. The highest BCUT2D eigenvalue weighted by atomic mass is 35.5. The maximum Gasteiger partial charge on any atom is 0.286 e. The van der Waals surface area contributed by atoms with Crippen molar-refractivity contribution in [2.24, 2.45) is 0 Å². The Balaban J connectivity index is 1.98. The van der Waals surface area contributed by atoms with Crippen molar-refractivity contribution < 1.29 is 14.3 Å². The summed E-state index contributed by atoms with van der Waals surface area (Å²) in [5.74, 6) is 0.290. The number of halogens is 1. The molecule has 1 heterocycles. The summed E-state index contributed by atoms with van der Waals surface area (Å²) in [6.45, 7) is 0.944. The Morgan fingerprint density at radius 2 is 2.25 bits per heavy atom. The quantitative estimate of drug-likeness (QED) is 0.829. The second-order valence-corrected chi connectivity index (χ2v) is 5.24. The molecule has 106 valence electrons. The number of nitrogens with zero attached hydrogens (tertiary/aromatic N) is 2. The van der Waals surface area contributed by atoms with Crippen molar-refractivity contribution in [3.63, 3.8) is 0 Å². The number of carbonyl (C=O) groups is 1. The molecule has 0 fully saturated rings. The van der Waals surface area contributed by atoms with Crippen LogP contribution in [0.5, 0.6) is 5.75 Å². The van der Waals surface area contributed by atoms with Crippen LogP contribution in [-0.4, -0.2) is 36.4 Å². The van der Waals surface area contributed by atoms with Crippen LogP contribution in [-0.2, 0) is 4.74 Å². The molecule has 0 saturated carbocycles. The van der Waals surface area contributed by atoms with E-state index < -0.39 is 0 Å². The molecule has 0 bridgehead atoms. The summed E-state index contributed by atoms with van der Waals surface area (Å²) >= 11 is 6.66. The molecule has 0 aliphatic carbocycles. The predicted octanol–water partition coefficient (Wildman–Crippen LogP) is 2.47. The van der Waals surface area contributed by atoms with Gasteiger partial charge in [0.2, 0.25) is 9.47 Å². The fourth-order valence-electron chi connectivity index (χ4n) is 1.39. The molecule has 0 radical (unpaired) electrons. The number of amides is 1. The maximum absolute atomic E-state index is 11.9. The third kappa shape index (κ3) is 4.16. The molecule has 20 heavy (non-hydrogen) atoms. The molecule has 0 aliphatic rings. The van der Waals surface area contributed by atoms with Gasteiger partial charge in [-0.15, -0.1) is 10.2 Å². The first-order chi connectivity index (χ1) is 9.69. The van der Waals surface area contributed by atoms with Gasteiger partial charge in [-0.2, -0.15) is 0 Å². The van der Waals surface area contributed by atoms with Gasteiger partial charge in [0.1, 0.15) is 12.4 Å². The Kier molecular flexibility index (Phi) is 5.28. The molecule has 0 unspecified atom stereocenters. The summed E-state index contributed by atoms with van der Waals surface area (Å²) < 4.78 is 10.6. The van der Waals surface area contributed by atoms with Gasteiger partial charge in [0.15, 0.2) is 0 Å². The molecule has 0 atom stereocenters. The van der Waals surface area contributed by atoms with Crippen molar-refractivity contribution in [1.82, 2.24) is 10.2 Å². The van der Waals surface area contributed by atoms with Gasteiger partial charge in [0.05, 0.1) is 6.61 Å². The highest BCUT2D eigenvalue weighted by Gasteiger charge is 2.12. The van der Waals surface area contributed by atoms with Gasteiger partial charge in [-0.3, -0.25) is 4.79 Å². The van der Waals surface area contributed by atoms with E-state index in [-0.39, 0.29) is 15.4 Å². The number of anilines is 1. The zero-order valence-electron chi connectivity index (χ0n) is 10.6. The first kappa shape index (κ1) is 14.7. The molecule has 0 spiro atoms. The normalized spacial score (nSPS) is 10.3. The Morgan fingerprint density at radius 1 is 1.40 bits per heavy atom. The van der Waals surface area contributed by atoms with E-state index in [4.69, 9.17) is 21.1 Å². The van der Waals surface area contributed by atoms with Gasteiger partial charge >= 0.3 is 0 Å². The van der Waals surface area contributed by atoms with Crippen LogP contribution in [0.1, 0.15) is 9.80 Å². The largest absolute Gasteiger partial charge is 0.491 e. The van der Waals surface area contributed by atoms with Crippen molar-refractivity contribution in [3.8, 4) is 5.75 Å². The molecule has 0 saturated heterocycles. The fraction of sp³-hybridized carbons (Fsp3) is 0.250. The molecule has 6 nitrogen and oxygen atoms in total. The van der Waals surface area contributed by atoms with Gasteiger partial charge in [-0.25, -0.2) is 0 Å². The Labute approximate surface area is 124 Å². The van der Waals surface area contributed by atoms with Gasteiger partial charge in [0.25, 0.3) is 5.91 Å². The Morgan fingerprint density at radius 3 is 2.95 bits per heavy atom. The summed E-state index contributed by atoms with van der Waals surface area (Å²) in [4.78, 5) is 11.9. The third-order valence-corrected chi connectivity index (χ3v) is 3.26. The van der Waals surface area contributed by atoms with Crippen molar-refractivity contribution >= 4 is 34.5 Å². The first-order valence-electron chi connectivity index (χ1n) is 5.71. The number of methoxy groups -OCH3 is 1. The van der Waals surface area contributed by atoms with E-state index in [1.165, 1.54) is 0 Å². The average Bonchev–Trinajstić information content (AvgIpc) is 2.86. The van der Waals surface area contributed by atoms with E-state index in [9.17, 15) is 4.79 Å². The lowest BCUT2D eigenvalue weighted by molar-refractivity contribution is 0.102. The van der Waals surface area contributed by atoms with Crippen molar-refractivity contribution in [2.45, 2.75) is 0 Å². The number of aromatic nitrogens is 2. The minimum absolute atomic E-state index is 0.209. The van der Waals surface area contributed by atoms with E-state index >= 15 is 0 Å². The topological polar surface area (TPSA) is 73.3 Å². The smallest absolute Gasteiger partial charge is 0.286 e. The minimum atomic E-state index is -0.358. The Bertz CT molecular complexity index is 591. The number of carbonyl (C=O) groups excluding carboxylic acids is 1. The van der Waals surface area contributed by atoms with Gasteiger partial charge in [-0.05, 0) is 23.7 Å². The lowest BCUT2D eigenvalue weighted by Crippen LogP contribution is -2.11. The number of hydrogen-bond donors (Lipinski definition) is 1. The number of rotatable bonds is 6. The molecule has 2 aromatic rings. The van der Waals surface area contributed by atoms with E-state index in [1.54, 1.807) is 31.4 Å². The fourth-order valence-corrected chi connectivity index (χ4v) is 2.11. The van der Waals surface area contributed by atoms with E-state index in [0.717, 1.165) is 11.3 Å².